The molecular weight excluding hydrogens is 186 g/mol. The summed E-state index contributed by atoms with van der Waals surface area (Å²) in [7, 11) is 1.68. The first-order valence-electron chi connectivity index (χ1n) is 5.20. The molecule has 0 N–H and O–H groups in total. The Morgan fingerprint density at radius 1 is 1.20 bits per heavy atom. The van der Waals surface area contributed by atoms with Gasteiger partial charge < -0.3 is 4.74 Å². The average Bonchev–Trinajstić information content (AvgIpc) is 2.31. The van der Waals surface area contributed by atoms with Gasteiger partial charge in [-0.05, 0) is 30.7 Å². The van der Waals surface area contributed by atoms with E-state index in [0.717, 1.165) is 22.2 Å². The van der Waals surface area contributed by atoms with Gasteiger partial charge in [-0.2, -0.15) is 0 Å². The van der Waals surface area contributed by atoms with Crippen molar-refractivity contribution in [2.45, 2.75) is 20.8 Å². The molecule has 0 bridgehead atoms. The van der Waals surface area contributed by atoms with Gasteiger partial charge in [0, 0.05) is 11.6 Å². The lowest BCUT2D eigenvalue weighted by atomic mass is 10.1. The molecule has 0 fully saturated rings. The third-order valence-electron chi connectivity index (χ3n) is 2.04. The summed E-state index contributed by atoms with van der Waals surface area (Å²) < 4.78 is 5.24. The molecule has 0 aliphatic rings. The predicted molar refractivity (Wildman–Crippen MR) is 64.4 cm³/mol. The fourth-order valence-corrected chi connectivity index (χ4v) is 1.40. The van der Waals surface area contributed by atoms with Gasteiger partial charge in [-0.1, -0.05) is 19.9 Å². The molecule has 1 heterocycles. The number of rotatable bonds is 1. The lowest BCUT2D eigenvalue weighted by molar-refractivity contribution is 0.419. The van der Waals surface area contributed by atoms with Crippen LogP contribution in [0.15, 0.2) is 30.5 Å². The van der Waals surface area contributed by atoms with Crippen LogP contribution in [0.4, 0.5) is 0 Å². The fraction of sp³-hybridized carbons (Fsp3) is 0.308. The Kier molecular flexibility index (Phi) is 4.10. The maximum absolute atomic E-state index is 5.24. The van der Waals surface area contributed by atoms with Crippen molar-refractivity contribution in [1.29, 1.82) is 0 Å². The third kappa shape index (κ3) is 2.46. The molecule has 0 radical (unpaired) electrons. The Labute approximate surface area is 90.9 Å². The van der Waals surface area contributed by atoms with Crippen LogP contribution in [0.25, 0.3) is 10.9 Å². The molecule has 1 aromatic heterocycles. The molecule has 0 amide bonds. The highest BCUT2D eigenvalue weighted by atomic mass is 16.5. The summed E-state index contributed by atoms with van der Waals surface area (Å²) >= 11 is 0. The summed E-state index contributed by atoms with van der Waals surface area (Å²) in [5, 5.41) is 1.07. The summed E-state index contributed by atoms with van der Waals surface area (Å²) in [6.45, 7) is 6.03. The topological polar surface area (TPSA) is 22.1 Å². The van der Waals surface area contributed by atoms with Gasteiger partial charge in [-0.3, -0.25) is 4.98 Å². The van der Waals surface area contributed by atoms with Crippen molar-refractivity contribution in [3.05, 3.63) is 36.0 Å². The molecule has 0 spiro atoms. The Bertz CT molecular complexity index is 437. The zero-order chi connectivity index (χ0) is 11.3. The van der Waals surface area contributed by atoms with E-state index in [1.54, 1.807) is 7.11 Å². The van der Waals surface area contributed by atoms with Crippen LogP contribution >= 0.6 is 0 Å². The van der Waals surface area contributed by atoms with E-state index in [1.807, 2.05) is 45.2 Å². The first-order chi connectivity index (χ1) is 7.31. The van der Waals surface area contributed by atoms with Crippen LogP contribution in [0, 0.1) is 6.92 Å². The number of aromatic nitrogens is 1. The molecule has 0 aliphatic carbocycles. The molecule has 80 valence electrons. The van der Waals surface area contributed by atoms with Gasteiger partial charge in [-0.15, -0.1) is 0 Å². The van der Waals surface area contributed by atoms with E-state index in [4.69, 9.17) is 4.74 Å². The first-order valence-corrected chi connectivity index (χ1v) is 5.20. The normalized spacial score (nSPS) is 9.33. The maximum atomic E-state index is 5.24. The second-order valence-corrected chi connectivity index (χ2v) is 3.04. The zero-order valence-corrected chi connectivity index (χ0v) is 9.74. The van der Waals surface area contributed by atoms with Crippen LogP contribution in [-0.4, -0.2) is 12.1 Å². The Morgan fingerprint density at radius 2 is 1.93 bits per heavy atom. The SMILES string of the molecule is CC.COc1cccc2ncc(C)cc12. The molecule has 2 rings (SSSR count). The molecular formula is C13H17NO. The van der Waals surface area contributed by atoms with Gasteiger partial charge in [0.25, 0.3) is 0 Å². The maximum Gasteiger partial charge on any atom is 0.128 e. The van der Waals surface area contributed by atoms with Crippen molar-refractivity contribution in [2.75, 3.05) is 7.11 Å². The van der Waals surface area contributed by atoms with E-state index < -0.39 is 0 Å². The molecule has 2 nitrogen and oxygen atoms in total. The summed E-state index contributed by atoms with van der Waals surface area (Å²) in [6.07, 6.45) is 1.86. The lowest BCUT2D eigenvalue weighted by Crippen LogP contribution is -1.87. The molecule has 2 aromatic rings. The molecule has 0 atom stereocenters. The van der Waals surface area contributed by atoms with Crippen molar-refractivity contribution >= 4 is 10.9 Å². The van der Waals surface area contributed by atoms with Gasteiger partial charge in [0.1, 0.15) is 5.75 Å². The quantitative estimate of drug-likeness (QED) is 0.706. The lowest BCUT2D eigenvalue weighted by Gasteiger charge is -2.04. The largest absolute Gasteiger partial charge is 0.496 e. The van der Waals surface area contributed by atoms with E-state index in [9.17, 15) is 0 Å². The molecule has 2 heteroatoms. The third-order valence-corrected chi connectivity index (χ3v) is 2.04. The minimum Gasteiger partial charge on any atom is -0.496 e. The zero-order valence-electron chi connectivity index (χ0n) is 9.74. The highest BCUT2D eigenvalue weighted by molar-refractivity contribution is 5.85. The number of aryl methyl sites for hydroxylation is 1. The van der Waals surface area contributed by atoms with Crippen LogP contribution in [0.3, 0.4) is 0 Å². The summed E-state index contributed by atoms with van der Waals surface area (Å²) in [4.78, 5) is 4.31. The molecule has 15 heavy (non-hydrogen) atoms. The van der Waals surface area contributed by atoms with Crippen LogP contribution in [0.2, 0.25) is 0 Å². The Hall–Kier alpha value is -1.57. The summed E-state index contributed by atoms with van der Waals surface area (Å²) in [6, 6.07) is 7.96. The smallest absolute Gasteiger partial charge is 0.128 e. The standard InChI is InChI=1S/C11H11NO.C2H6/c1-8-6-9-10(12-7-8)4-3-5-11(9)13-2;1-2/h3-7H,1-2H3;1-2H3. The number of ether oxygens (including phenoxy) is 1. The first kappa shape index (κ1) is 11.5. The van der Waals surface area contributed by atoms with E-state index in [1.165, 1.54) is 0 Å². The van der Waals surface area contributed by atoms with Gasteiger partial charge >= 0.3 is 0 Å². The number of methoxy groups -OCH3 is 1. The number of pyridine rings is 1. The molecule has 0 aliphatic heterocycles. The second kappa shape index (κ2) is 5.35. The van der Waals surface area contributed by atoms with Crippen molar-refractivity contribution in [2.24, 2.45) is 0 Å². The molecule has 1 aromatic carbocycles. The van der Waals surface area contributed by atoms with E-state index in [0.29, 0.717) is 0 Å². The average molecular weight is 203 g/mol. The highest BCUT2D eigenvalue weighted by Crippen LogP contribution is 2.23. The van der Waals surface area contributed by atoms with Crippen LogP contribution in [0.1, 0.15) is 19.4 Å². The van der Waals surface area contributed by atoms with Crippen LogP contribution in [0.5, 0.6) is 5.75 Å². The van der Waals surface area contributed by atoms with Gasteiger partial charge in [0.2, 0.25) is 0 Å². The van der Waals surface area contributed by atoms with E-state index in [-0.39, 0.29) is 0 Å². The minimum atomic E-state index is 0.883. The van der Waals surface area contributed by atoms with Crippen molar-refractivity contribution < 1.29 is 4.74 Å². The van der Waals surface area contributed by atoms with Crippen LogP contribution in [-0.2, 0) is 0 Å². The monoisotopic (exact) mass is 203 g/mol. The second-order valence-electron chi connectivity index (χ2n) is 3.04. The summed E-state index contributed by atoms with van der Waals surface area (Å²) in [5.74, 6) is 0.883. The molecule has 0 unspecified atom stereocenters. The number of hydrogen-bond acceptors (Lipinski definition) is 2. The Morgan fingerprint density at radius 3 is 2.60 bits per heavy atom. The van der Waals surface area contributed by atoms with Gasteiger partial charge in [0.15, 0.2) is 0 Å². The highest BCUT2D eigenvalue weighted by Gasteiger charge is 2.00. The Balaban J connectivity index is 0.000000531. The molecule has 0 saturated heterocycles. The minimum absolute atomic E-state index is 0.883. The van der Waals surface area contributed by atoms with Crippen LogP contribution < -0.4 is 4.74 Å². The predicted octanol–water partition coefficient (Wildman–Crippen LogP) is 3.58. The number of fused-ring (bicyclic) bond motifs is 1. The van der Waals surface area contributed by atoms with E-state index >= 15 is 0 Å². The van der Waals surface area contributed by atoms with Crippen molar-refractivity contribution in [1.82, 2.24) is 4.98 Å². The van der Waals surface area contributed by atoms with Gasteiger partial charge in [0.05, 0.1) is 12.6 Å². The van der Waals surface area contributed by atoms with Crippen molar-refractivity contribution in [3.8, 4) is 5.75 Å². The summed E-state index contributed by atoms with van der Waals surface area (Å²) in [5.41, 5.74) is 2.13. The number of benzene rings is 1. The number of hydrogen-bond donors (Lipinski definition) is 0. The number of nitrogens with zero attached hydrogens (tertiary/aromatic N) is 1. The van der Waals surface area contributed by atoms with Gasteiger partial charge in [-0.25, -0.2) is 0 Å². The van der Waals surface area contributed by atoms with Crippen molar-refractivity contribution in [3.63, 3.8) is 0 Å². The fourth-order valence-electron chi connectivity index (χ4n) is 1.40. The van der Waals surface area contributed by atoms with E-state index in [2.05, 4.69) is 11.1 Å². The molecule has 0 saturated carbocycles.